The van der Waals surface area contributed by atoms with E-state index in [2.05, 4.69) is 11.2 Å². The second kappa shape index (κ2) is 4.76. The number of phenolic OH excluding ortho intramolecular Hbond substituents is 1. The number of halogens is 2. The molecule has 1 atom stereocenters. The van der Waals surface area contributed by atoms with Gasteiger partial charge in [-0.15, -0.1) is 6.42 Å². The molecule has 2 nitrogen and oxygen atoms in total. The van der Waals surface area contributed by atoms with Crippen LogP contribution in [0.3, 0.4) is 0 Å². The lowest BCUT2D eigenvalue weighted by molar-refractivity contribution is 0.433. The molecule has 1 rings (SSSR count). The molecule has 1 unspecified atom stereocenters. The quantitative estimate of drug-likeness (QED) is 0.749. The number of rotatable bonds is 3. The van der Waals surface area contributed by atoms with Crippen LogP contribution < -0.4 is 5.32 Å². The van der Waals surface area contributed by atoms with Crippen molar-refractivity contribution in [1.82, 2.24) is 5.32 Å². The molecule has 0 heterocycles. The normalized spacial score (nSPS) is 12.1. The van der Waals surface area contributed by atoms with Crippen LogP contribution in [-0.2, 0) is 0 Å². The number of aromatic hydroxyl groups is 1. The van der Waals surface area contributed by atoms with E-state index in [1.165, 1.54) is 0 Å². The predicted molar refractivity (Wildman–Crippen MR) is 53.3 cm³/mol. The Balaban J connectivity index is 2.99. The van der Waals surface area contributed by atoms with E-state index in [1.54, 1.807) is 6.92 Å². The first-order chi connectivity index (χ1) is 7.06. The molecule has 0 amide bonds. The maximum atomic E-state index is 13.3. The van der Waals surface area contributed by atoms with Crippen molar-refractivity contribution in [3.05, 3.63) is 29.3 Å². The highest BCUT2D eigenvalue weighted by Gasteiger charge is 2.16. The zero-order valence-corrected chi connectivity index (χ0v) is 8.22. The van der Waals surface area contributed by atoms with E-state index in [0.717, 1.165) is 12.1 Å². The molecule has 2 N–H and O–H groups in total. The van der Waals surface area contributed by atoms with Crippen molar-refractivity contribution in [2.75, 3.05) is 6.54 Å². The molecular weight excluding hydrogens is 200 g/mol. The first-order valence-electron chi connectivity index (χ1n) is 4.41. The molecule has 1 aromatic rings. The van der Waals surface area contributed by atoms with Crippen LogP contribution in [0.4, 0.5) is 8.78 Å². The Hall–Kier alpha value is -1.60. The summed E-state index contributed by atoms with van der Waals surface area (Å²) < 4.78 is 26.0. The van der Waals surface area contributed by atoms with Crippen LogP contribution in [0.2, 0.25) is 0 Å². The van der Waals surface area contributed by atoms with Crippen LogP contribution in [0, 0.1) is 24.0 Å². The van der Waals surface area contributed by atoms with Gasteiger partial charge in [-0.3, -0.25) is 5.32 Å². The van der Waals surface area contributed by atoms with Gasteiger partial charge in [0.15, 0.2) is 0 Å². The third-order valence-corrected chi connectivity index (χ3v) is 2.02. The summed E-state index contributed by atoms with van der Waals surface area (Å²) in [5.41, 5.74) is 0.0200. The molecule has 0 saturated heterocycles. The minimum atomic E-state index is -0.808. The predicted octanol–water partition coefficient (Wildman–Crippen LogP) is 1.95. The standard InChI is InChI=1S/C11H11F2NO/c1-3-4-14-7(2)11-9(13)5-8(12)6-10(11)15/h1,5-7,14-15H,4H2,2H3. The summed E-state index contributed by atoms with van der Waals surface area (Å²) in [6.07, 6.45) is 5.03. The maximum absolute atomic E-state index is 13.3. The molecule has 0 bridgehead atoms. The van der Waals surface area contributed by atoms with Gasteiger partial charge in [-0.25, -0.2) is 8.78 Å². The smallest absolute Gasteiger partial charge is 0.134 e. The highest BCUT2D eigenvalue weighted by Crippen LogP contribution is 2.27. The van der Waals surface area contributed by atoms with Crippen molar-refractivity contribution in [3.63, 3.8) is 0 Å². The average Bonchev–Trinajstić information content (AvgIpc) is 2.12. The molecule has 4 heteroatoms. The Labute approximate surface area is 86.9 Å². The van der Waals surface area contributed by atoms with Crippen molar-refractivity contribution < 1.29 is 13.9 Å². The van der Waals surface area contributed by atoms with Crippen LogP contribution in [0.25, 0.3) is 0 Å². The molecule has 0 aliphatic heterocycles. The number of hydrogen-bond acceptors (Lipinski definition) is 2. The molecule has 0 radical (unpaired) electrons. The largest absolute Gasteiger partial charge is 0.507 e. The van der Waals surface area contributed by atoms with Crippen molar-refractivity contribution in [3.8, 4) is 18.1 Å². The first kappa shape index (κ1) is 11.5. The summed E-state index contributed by atoms with van der Waals surface area (Å²) in [6, 6.07) is 1.12. The van der Waals surface area contributed by atoms with Crippen molar-refractivity contribution in [2.45, 2.75) is 13.0 Å². The van der Waals surface area contributed by atoms with E-state index >= 15 is 0 Å². The Bertz CT molecular complexity index is 375. The zero-order chi connectivity index (χ0) is 11.4. The topological polar surface area (TPSA) is 32.3 Å². The summed E-state index contributed by atoms with van der Waals surface area (Å²) >= 11 is 0. The molecule has 0 aromatic heterocycles. The summed E-state index contributed by atoms with van der Waals surface area (Å²) in [4.78, 5) is 0. The number of terminal acetylenes is 1. The van der Waals surface area contributed by atoms with Crippen LogP contribution in [0.5, 0.6) is 5.75 Å². The molecule has 1 aromatic carbocycles. The van der Waals surface area contributed by atoms with Gasteiger partial charge in [0.05, 0.1) is 6.54 Å². The van der Waals surface area contributed by atoms with Gasteiger partial charge in [0, 0.05) is 23.7 Å². The summed E-state index contributed by atoms with van der Waals surface area (Å²) in [7, 11) is 0. The highest BCUT2D eigenvalue weighted by atomic mass is 19.1. The van der Waals surface area contributed by atoms with Crippen LogP contribution in [0.1, 0.15) is 18.5 Å². The number of phenols is 1. The van der Waals surface area contributed by atoms with Crippen LogP contribution in [-0.4, -0.2) is 11.7 Å². The molecule has 0 aliphatic rings. The lowest BCUT2D eigenvalue weighted by Crippen LogP contribution is -2.20. The lowest BCUT2D eigenvalue weighted by atomic mass is 10.1. The van der Waals surface area contributed by atoms with E-state index in [9.17, 15) is 13.9 Å². The van der Waals surface area contributed by atoms with E-state index in [-0.39, 0.29) is 12.1 Å². The fraction of sp³-hybridized carbons (Fsp3) is 0.273. The lowest BCUT2D eigenvalue weighted by Gasteiger charge is -2.14. The van der Waals surface area contributed by atoms with Gasteiger partial charge >= 0.3 is 0 Å². The van der Waals surface area contributed by atoms with Crippen molar-refractivity contribution in [1.29, 1.82) is 0 Å². The van der Waals surface area contributed by atoms with Gasteiger partial charge in [-0.05, 0) is 6.92 Å². The first-order valence-corrected chi connectivity index (χ1v) is 4.41. The fourth-order valence-electron chi connectivity index (χ4n) is 1.31. The minimum absolute atomic E-state index is 0.0200. The van der Waals surface area contributed by atoms with Gasteiger partial charge in [0.2, 0.25) is 0 Å². The Morgan fingerprint density at radius 2 is 2.20 bits per heavy atom. The average molecular weight is 211 g/mol. The Morgan fingerprint density at radius 3 is 2.73 bits per heavy atom. The Morgan fingerprint density at radius 1 is 1.53 bits per heavy atom. The van der Waals surface area contributed by atoms with Crippen molar-refractivity contribution >= 4 is 0 Å². The second-order valence-corrected chi connectivity index (χ2v) is 3.13. The number of benzene rings is 1. The third kappa shape index (κ3) is 2.67. The third-order valence-electron chi connectivity index (χ3n) is 2.02. The van der Waals surface area contributed by atoms with Crippen molar-refractivity contribution in [2.24, 2.45) is 0 Å². The molecule has 15 heavy (non-hydrogen) atoms. The van der Waals surface area contributed by atoms with Gasteiger partial charge in [0.1, 0.15) is 17.4 Å². The van der Waals surface area contributed by atoms with Gasteiger partial charge in [0.25, 0.3) is 0 Å². The maximum Gasteiger partial charge on any atom is 0.134 e. The van der Waals surface area contributed by atoms with Crippen LogP contribution >= 0.6 is 0 Å². The fourth-order valence-corrected chi connectivity index (χ4v) is 1.31. The number of hydrogen-bond donors (Lipinski definition) is 2. The van der Waals surface area contributed by atoms with Gasteiger partial charge < -0.3 is 5.11 Å². The monoisotopic (exact) mass is 211 g/mol. The molecule has 0 spiro atoms. The molecule has 0 saturated carbocycles. The molecule has 80 valence electrons. The summed E-state index contributed by atoms with van der Waals surface area (Å²) in [6.45, 7) is 1.88. The van der Waals surface area contributed by atoms with E-state index in [4.69, 9.17) is 6.42 Å². The van der Waals surface area contributed by atoms with E-state index < -0.39 is 23.4 Å². The van der Waals surface area contributed by atoms with Gasteiger partial charge in [-0.2, -0.15) is 0 Å². The minimum Gasteiger partial charge on any atom is -0.507 e. The van der Waals surface area contributed by atoms with E-state index in [1.807, 2.05) is 0 Å². The second-order valence-electron chi connectivity index (χ2n) is 3.13. The highest BCUT2D eigenvalue weighted by molar-refractivity contribution is 5.36. The molecule has 0 fully saturated rings. The zero-order valence-electron chi connectivity index (χ0n) is 8.22. The summed E-state index contributed by atoms with van der Waals surface area (Å²) in [5, 5.41) is 12.2. The van der Waals surface area contributed by atoms with E-state index in [0.29, 0.717) is 0 Å². The van der Waals surface area contributed by atoms with Gasteiger partial charge in [-0.1, -0.05) is 5.92 Å². The Kier molecular flexibility index (Phi) is 3.64. The SMILES string of the molecule is C#CCNC(C)c1c(O)cc(F)cc1F. The molecule has 0 aliphatic carbocycles. The number of nitrogens with one attached hydrogen (secondary N) is 1. The molecular formula is C11H11F2NO. The summed E-state index contributed by atoms with van der Waals surface area (Å²) in [5.74, 6) is 0.322. The van der Waals surface area contributed by atoms with Crippen LogP contribution in [0.15, 0.2) is 12.1 Å².